The first kappa shape index (κ1) is 18.0. The first-order valence-electron chi connectivity index (χ1n) is 9.20. The minimum atomic E-state index is -0.366. The van der Waals surface area contributed by atoms with Gasteiger partial charge in [-0.1, -0.05) is 46.3 Å². The first-order chi connectivity index (χ1) is 12.7. The van der Waals surface area contributed by atoms with E-state index in [-0.39, 0.29) is 12.9 Å². The van der Waals surface area contributed by atoms with Gasteiger partial charge in [0.1, 0.15) is 5.75 Å². The van der Waals surface area contributed by atoms with Gasteiger partial charge in [0.2, 0.25) is 6.29 Å². The highest BCUT2D eigenvalue weighted by Gasteiger charge is 2.26. The molecule has 1 N–H and O–H groups in total. The van der Waals surface area contributed by atoms with E-state index in [1.54, 1.807) is 0 Å². The molecule has 0 aromatic heterocycles. The molecule has 5 heteroatoms. The van der Waals surface area contributed by atoms with Crippen LogP contribution in [0.1, 0.15) is 35.8 Å². The Morgan fingerprint density at radius 3 is 2.85 bits per heavy atom. The predicted molar refractivity (Wildman–Crippen MR) is 104 cm³/mol. The summed E-state index contributed by atoms with van der Waals surface area (Å²) in [5.41, 5.74) is 3.29. The number of ether oxygens (including phenoxy) is 2. The number of fused-ring (bicyclic) bond motifs is 1. The number of halogens is 1. The van der Waals surface area contributed by atoms with Crippen LogP contribution < -0.4 is 4.74 Å². The summed E-state index contributed by atoms with van der Waals surface area (Å²) in [5, 5.41) is 9.50. The number of piperidine rings is 1. The third-order valence-electron chi connectivity index (χ3n) is 5.15. The quantitative estimate of drug-likeness (QED) is 0.806. The van der Waals surface area contributed by atoms with E-state index in [4.69, 9.17) is 9.47 Å². The minimum absolute atomic E-state index is 0.271. The van der Waals surface area contributed by atoms with Gasteiger partial charge in [0.25, 0.3) is 0 Å². The molecule has 2 aromatic rings. The van der Waals surface area contributed by atoms with Crippen molar-refractivity contribution in [3.63, 3.8) is 0 Å². The van der Waals surface area contributed by atoms with Crippen molar-refractivity contribution in [2.24, 2.45) is 5.92 Å². The van der Waals surface area contributed by atoms with E-state index < -0.39 is 0 Å². The second-order valence-corrected chi connectivity index (χ2v) is 8.07. The lowest BCUT2D eigenvalue weighted by Crippen LogP contribution is -2.36. The second kappa shape index (κ2) is 8.09. The molecule has 138 valence electrons. The maximum Gasteiger partial charge on any atom is 0.227 e. The van der Waals surface area contributed by atoms with Gasteiger partial charge in [-0.25, -0.2) is 0 Å². The van der Waals surface area contributed by atoms with Crippen LogP contribution in [-0.4, -0.2) is 29.7 Å². The largest absolute Gasteiger partial charge is 0.460 e. The lowest BCUT2D eigenvalue weighted by Gasteiger charge is -2.34. The van der Waals surface area contributed by atoms with E-state index in [1.807, 2.05) is 30.3 Å². The van der Waals surface area contributed by atoms with Crippen molar-refractivity contribution in [2.75, 3.05) is 19.7 Å². The Kier molecular flexibility index (Phi) is 5.60. The molecule has 1 fully saturated rings. The summed E-state index contributed by atoms with van der Waals surface area (Å²) in [4.78, 5) is 2.42. The highest BCUT2D eigenvalue weighted by Crippen LogP contribution is 2.38. The van der Waals surface area contributed by atoms with Crippen molar-refractivity contribution in [3.05, 3.63) is 63.6 Å². The zero-order valence-electron chi connectivity index (χ0n) is 14.7. The third-order valence-corrected chi connectivity index (χ3v) is 5.61. The van der Waals surface area contributed by atoms with Crippen LogP contribution >= 0.6 is 15.9 Å². The van der Waals surface area contributed by atoms with E-state index in [1.165, 1.54) is 5.56 Å². The van der Waals surface area contributed by atoms with Crippen molar-refractivity contribution >= 4 is 15.9 Å². The van der Waals surface area contributed by atoms with Gasteiger partial charge in [-0.2, -0.15) is 0 Å². The van der Waals surface area contributed by atoms with Gasteiger partial charge >= 0.3 is 0 Å². The Hall–Kier alpha value is -1.40. The molecule has 26 heavy (non-hydrogen) atoms. The molecule has 1 saturated heterocycles. The van der Waals surface area contributed by atoms with Crippen molar-refractivity contribution in [3.8, 4) is 5.75 Å². The number of hydrogen-bond acceptors (Lipinski definition) is 4. The third kappa shape index (κ3) is 3.96. The molecule has 2 aliphatic rings. The molecule has 0 amide bonds. The summed E-state index contributed by atoms with van der Waals surface area (Å²) in [5.74, 6) is 1.33. The van der Waals surface area contributed by atoms with Gasteiger partial charge in [0, 0.05) is 40.9 Å². The Morgan fingerprint density at radius 2 is 2.04 bits per heavy atom. The summed E-state index contributed by atoms with van der Waals surface area (Å²) in [6.45, 7) is 3.65. The van der Waals surface area contributed by atoms with Gasteiger partial charge in [0.05, 0.1) is 6.61 Å². The van der Waals surface area contributed by atoms with Gasteiger partial charge in [-0.3, -0.25) is 4.90 Å². The van der Waals surface area contributed by atoms with Gasteiger partial charge in [-0.15, -0.1) is 0 Å². The number of benzene rings is 2. The first-order valence-corrected chi connectivity index (χ1v) is 10.00. The highest BCUT2D eigenvalue weighted by molar-refractivity contribution is 9.10. The van der Waals surface area contributed by atoms with Crippen molar-refractivity contribution in [2.45, 2.75) is 32.3 Å². The Balaban J connectivity index is 1.57. The van der Waals surface area contributed by atoms with Crippen molar-refractivity contribution < 1.29 is 14.6 Å². The van der Waals surface area contributed by atoms with Gasteiger partial charge in [0.15, 0.2) is 0 Å². The lowest BCUT2D eigenvalue weighted by atomic mass is 9.98. The van der Waals surface area contributed by atoms with Crippen LogP contribution in [0.2, 0.25) is 0 Å². The molecular formula is C21H24BrNO3. The van der Waals surface area contributed by atoms with Crippen LogP contribution in [0.3, 0.4) is 0 Å². The summed E-state index contributed by atoms with van der Waals surface area (Å²) in [7, 11) is 0. The van der Waals surface area contributed by atoms with E-state index in [9.17, 15) is 5.11 Å². The standard InChI is InChI=1S/C21H24BrNO3/c22-19-9-17(12-23-8-4-5-15(11-23)13-24)20-18(10-19)14-25-21(26-20)16-6-2-1-3-7-16/h1-3,6-7,9-10,15,21,24H,4-5,8,11-14H2/t15-,21+/m0/s1. The molecule has 0 unspecified atom stereocenters. The molecule has 0 radical (unpaired) electrons. The Morgan fingerprint density at radius 1 is 1.19 bits per heavy atom. The summed E-state index contributed by atoms with van der Waals surface area (Å²) in [6, 6.07) is 14.3. The van der Waals surface area contributed by atoms with Crippen molar-refractivity contribution in [1.82, 2.24) is 4.90 Å². The number of hydrogen-bond donors (Lipinski definition) is 1. The average molecular weight is 418 g/mol. The SMILES string of the molecule is OC[C@H]1CCCN(Cc2cc(Br)cc3c2O[C@H](c2ccccc2)OC3)C1. The fourth-order valence-corrected chi connectivity index (χ4v) is 4.41. The molecular weight excluding hydrogens is 394 g/mol. The molecule has 0 spiro atoms. The molecule has 2 atom stereocenters. The van der Waals surface area contributed by atoms with Crippen LogP contribution in [0.15, 0.2) is 46.9 Å². The number of nitrogens with zero attached hydrogens (tertiary/aromatic N) is 1. The molecule has 2 aromatic carbocycles. The van der Waals surface area contributed by atoms with Crippen LogP contribution in [-0.2, 0) is 17.9 Å². The normalized spacial score (nSPS) is 23.3. The predicted octanol–water partition coefficient (Wildman–Crippen LogP) is 4.26. The average Bonchev–Trinajstić information content (AvgIpc) is 2.68. The fourth-order valence-electron chi connectivity index (χ4n) is 3.85. The second-order valence-electron chi connectivity index (χ2n) is 7.15. The Bertz CT molecular complexity index is 752. The van der Waals surface area contributed by atoms with E-state index >= 15 is 0 Å². The number of aliphatic hydroxyl groups is 1. The Labute approximate surface area is 162 Å². The summed E-state index contributed by atoms with van der Waals surface area (Å²) in [6.07, 6.45) is 1.89. The van der Waals surface area contributed by atoms with Crippen LogP contribution in [0, 0.1) is 5.92 Å². The van der Waals surface area contributed by atoms with E-state index in [0.29, 0.717) is 12.5 Å². The zero-order valence-corrected chi connectivity index (χ0v) is 16.3. The van der Waals surface area contributed by atoms with Crippen LogP contribution in [0.5, 0.6) is 5.75 Å². The highest BCUT2D eigenvalue weighted by atomic mass is 79.9. The molecule has 2 heterocycles. The lowest BCUT2D eigenvalue weighted by molar-refractivity contribution is -0.112. The van der Waals surface area contributed by atoms with Crippen LogP contribution in [0.25, 0.3) is 0 Å². The maximum absolute atomic E-state index is 9.50. The van der Waals surface area contributed by atoms with Gasteiger partial charge in [-0.05, 0) is 37.4 Å². The monoisotopic (exact) mass is 417 g/mol. The fraction of sp³-hybridized carbons (Fsp3) is 0.429. The van der Waals surface area contributed by atoms with E-state index in [0.717, 1.165) is 53.8 Å². The topological polar surface area (TPSA) is 41.9 Å². The van der Waals surface area contributed by atoms with Gasteiger partial charge < -0.3 is 14.6 Å². The van der Waals surface area contributed by atoms with Crippen LogP contribution in [0.4, 0.5) is 0 Å². The van der Waals surface area contributed by atoms with Crippen molar-refractivity contribution in [1.29, 1.82) is 0 Å². The number of rotatable bonds is 4. The molecule has 0 bridgehead atoms. The maximum atomic E-state index is 9.50. The summed E-state index contributed by atoms with van der Waals surface area (Å²) < 4.78 is 13.3. The number of likely N-dealkylation sites (tertiary alicyclic amines) is 1. The molecule has 4 nitrogen and oxygen atoms in total. The summed E-state index contributed by atoms with van der Waals surface area (Å²) >= 11 is 3.62. The molecule has 0 saturated carbocycles. The minimum Gasteiger partial charge on any atom is -0.460 e. The molecule has 4 rings (SSSR count). The smallest absolute Gasteiger partial charge is 0.227 e. The molecule has 0 aliphatic carbocycles. The number of aliphatic hydroxyl groups excluding tert-OH is 1. The molecule has 2 aliphatic heterocycles. The van der Waals surface area contributed by atoms with E-state index in [2.05, 4.69) is 33.0 Å². The zero-order chi connectivity index (χ0) is 17.9.